The maximum absolute atomic E-state index is 13.8. The molecular weight excluding hydrogens is 893 g/mol. The number of carbonyl (C=O) groups excluding carboxylic acids is 6. The Hall–Kier alpha value is -4.89. The predicted molar refractivity (Wildman–Crippen MR) is 248 cm³/mol. The monoisotopic (exact) mass is 964 g/mol. The van der Waals surface area contributed by atoms with Crippen LogP contribution in [-0.2, 0) is 73.1 Å². The standard InChI is InChI=1S/C47H72N4O15S/c1-43(2,3)64-38(53)25-36(41(56)66-45(7,8)9)51-42(57)50-34(40(55)65-44(4,5)6)19-15-16-22-48-39(54)35(24-31-20-21-32-17-13-14-18-33(32)23-31)49-37(52)26-60-27-47(30-63-67(12,58)59)28-61-46(10,11)62-29-47/h13-14,17-18,20-21,23,34-36H,15-16,19,22,24-30H2,1-12H3,(H,48,54)(H,49,52)(H2,50,51,57). The van der Waals surface area contributed by atoms with Crippen molar-refractivity contribution in [2.45, 2.75) is 149 Å². The van der Waals surface area contributed by atoms with Gasteiger partial charge in [0.25, 0.3) is 10.1 Å². The lowest BCUT2D eigenvalue weighted by Gasteiger charge is -2.42. The maximum Gasteiger partial charge on any atom is 0.329 e. The quantitative estimate of drug-likeness (QED) is 0.0554. The Balaban J connectivity index is 1.69. The molecule has 4 amide bonds. The van der Waals surface area contributed by atoms with E-state index in [1.165, 1.54) is 0 Å². The van der Waals surface area contributed by atoms with Gasteiger partial charge >= 0.3 is 23.9 Å². The number of unbranched alkanes of at least 4 members (excludes halogenated alkanes) is 1. The maximum atomic E-state index is 13.8. The minimum absolute atomic E-state index is 0.0380. The number of nitrogens with one attached hydrogen (secondary N) is 4. The first-order valence-electron chi connectivity index (χ1n) is 22.3. The van der Waals surface area contributed by atoms with Gasteiger partial charge in [-0.25, -0.2) is 14.4 Å². The summed E-state index contributed by atoms with van der Waals surface area (Å²) in [5.74, 6) is -4.38. The van der Waals surface area contributed by atoms with Gasteiger partial charge in [-0.05, 0) is 112 Å². The fraction of sp³-hybridized carbons (Fsp3) is 0.660. The van der Waals surface area contributed by atoms with Gasteiger partial charge in [-0.15, -0.1) is 0 Å². The summed E-state index contributed by atoms with van der Waals surface area (Å²) in [6, 6.07) is 8.84. The average molecular weight is 965 g/mol. The Labute approximate surface area is 394 Å². The molecule has 0 bridgehead atoms. The minimum atomic E-state index is -3.81. The van der Waals surface area contributed by atoms with Crippen molar-refractivity contribution in [3.8, 4) is 0 Å². The molecule has 376 valence electrons. The van der Waals surface area contributed by atoms with Crippen LogP contribution in [0, 0.1) is 5.41 Å². The molecule has 20 heteroatoms. The summed E-state index contributed by atoms with van der Waals surface area (Å²) < 4.78 is 62.4. The van der Waals surface area contributed by atoms with Gasteiger partial charge in [0.1, 0.15) is 41.5 Å². The van der Waals surface area contributed by atoms with Gasteiger partial charge in [0.05, 0.1) is 44.5 Å². The number of esters is 3. The number of urea groups is 1. The average Bonchev–Trinajstić information content (AvgIpc) is 3.17. The van der Waals surface area contributed by atoms with Crippen LogP contribution in [0.5, 0.6) is 0 Å². The summed E-state index contributed by atoms with van der Waals surface area (Å²) in [4.78, 5) is 79.6. The summed E-state index contributed by atoms with van der Waals surface area (Å²) >= 11 is 0. The van der Waals surface area contributed by atoms with Gasteiger partial charge in [0.15, 0.2) is 5.79 Å². The van der Waals surface area contributed by atoms with Crippen LogP contribution in [0.15, 0.2) is 42.5 Å². The molecule has 3 rings (SSSR count). The van der Waals surface area contributed by atoms with E-state index in [1.54, 1.807) is 76.2 Å². The summed E-state index contributed by atoms with van der Waals surface area (Å²) in [6.07, 6.45) is 1.24. The molecule has 1 saturated heterocycles. The molecule has 3 unspecified atom stereocenters. The van der Waals surface area contributed by atoms with Gasteiger partial charge < -0.3 is 49.7 Å². The van der Waals surface area contributed by atoms with Crippen LogP contribution in [0.3, 0.4) is 0 Å². The van der Waals surface area contributed by atoms with Gasteiger partial charge in [-0.1, -0.05) is 42.5 Å². The van der Waals surface area contributed by atoms with Gasteiger partial charge in [-0.3, -0.25) is 18.6 Å². The van der Waals surface area contributed by atoms with E-state index >= 15 is 0 Å². The van der Waals surface area contributed by atoms with Crippen LogP contribution in [-0.4, -0.2) is 131 Å². The van der Waals surface area contributed by atoms with Crippen LogP contribution in [0.1, 0.15) is 107 Å². The molecule has 0 aromatic heterocycles. The molecule has 0 spiro atoms. The Morgan fingerprint density at radius 2 is 1.28 bits per heavy atom. The topological polar surface area (TPSA) is 249 Å². The highest BCUT2D eigenvalue weighted by molar-refractivity contribution is 7.85. The zero-order valence-electron chi connectivity index (χ0n) is 41.1. The molecule has 1 aliphatic rings. The van der Waals surface area contributed by atoms with Crippen LogP contribution in [0.2, 0.25) is 0 Å². The smallest absolute Gasteiger partial charge is 0.329 e. The zero-order valence-corrected chi connectivity index (χ0v) is 41.9. The van der Waals surface area contributed by atoms with Crippen molar-refractivity contribution in [1.29, 1.82) is 0 Å². The lowest BCUT2D eigenvalue weighted by atomic mass is 9.91. The second-order valence-electron chi connectivity index (χ2n) is 20.3. The third-order valence-corrected chi connectivity index (χ3v) is 10.1. The highest BCUT2D eigenvalue weighted by Gasteiger charge is 2.42. The van der Waals surface area contributed by atoms with Crippen molar-refractivity contribution in [3.63, 3.8) is 0 Å². The van der Waals surface area contributed by atoms with Crippen LogP contribution in [0.4, 0.5) is 4.79 Å². The first-order chi connectivity index (χ1) is 30.8. The summed E-state index contributed by atoms with van der Waals surface area (Å²) in [5, 5.41) is 12.6. The third-order valence-electron chi connectivity index (χ3n) is 9.58. The van der Waals surface area contributed by atoms with E-state index in [4.69, 9.17) is 32.6 Å². The molecule has 4 N–H and O–H groups in total. The molecular formula is C47H72N4O15S. The number of benzene rings is 2. The Morgan fingerprint density at radius 1 is 0.716 bits per heavy atom. The first-order valence-corrected chi connectivity index (χ1v) is 24.1. The van der Waals surface area contributed by atoms with Gasteiger partial charge in [0, 0.05) is 13.0 Å². The molecule has 0 saturated carbocycles. The lowest BCUT2D eigenvalue weighted by molar-refractivity contribution is -0.295. The lowest BCUT2D eigenvalue weighted by Crippen LogP contribution is -2.53. The van der Waals surface area contributed by atoms with Crippen molar-refractivity contribution in [2.24, 2.45) is 5.41 Å². The molecule has 3 atom stereocenters. The molecule has 67 heavy (non-hydrogen) atoms. The van der Waals surface area contributed by atoms with E-state index in [2.05, 4.69) is 21.3 Å². The van der Waals surface area contributed by atoms with Crippen molar-refractivity contribution in [1.82, 2.24) is 21.3 Å². The van der Waals surface area contributed by atoms with E-state index in [0.29, 0.717) is 12.8 Å². The highest BCUT2D eigenvalue weighted by Crippen LogP contribution is 2.31. The normalized spacial score (nSPS) is 16.4. The highest BCUT2D eigenvalue weighted by atomic mass is 32.2. The molecule has 2 aromatic carbocycles. The van der Waals surface area contributed by atoms with E-state index in [9.17, 15) is 37.2 Å². The number of ether oxygens (including phenoxy) is 6. The van der Waals surface area contributed by atoms with Gasteiger partial charge in [-0.2, -0.15) is 8.42 Å². The van der Waals surface area contributed by atoms with E-state index < -0.39 is 105 Å². The first kappa shape index (κ1) is 56.4. The summed E-state index contributed by atoms with van der Waals surface area (Å²) in [5.41, 5.74) is -2.95. The zero-order chi connectivity index (χ0) is 50.4. The Morgan fingerprint density at radius 3 is 1.87 bits per heavy atom. The number of hydrogen-bond acceptors (Lipinski definition) is 15. The van der Waals surface area contributed by atoms with E-state index in [0.717, 1.165) is 22.6 Å². The molecule has 0 aliphatic carbocycles. The second-order valence-corrected chi connectivity index (χ2v) is 22.0. The van der Waals surface area contributed by atoms with Crippen molar-refractivity contribution in [2.75, 3.05) is 45.8 Å². The number of rotatable bonds is 22. The summed E-state index contributed by atoms with van der Waals surface area (Å²) in [7, 11) is -3.81. The SMILES string of the molecule is CC(C)(C)OC(=O)CC(NC(=O)NC(CCCCNC(=O)C(Cc1ccc2ccccc2c1)NC(=O)COCC1(COS(C)(=O)=O)COC(C)(C)OC1)C(=O)OC(C)(C)C)C(=O)OC(C)(C)C. The molecule has 2 aromatic rings. The number of hydrogen-bond donors (Lipinski definition) is 4. The van der Waals surface area contributed by atoms with Crippen LogP contribution < -0.4 is 21.3 Å². The van der Waals surface area contributed by atoms with Crippen LogP contribution >= 0.6 is 0 Å². The van der Waals surface area contributed by atoms with Crippen LogP contribution in [0.25, 0.3) is 10.8 Å². The predicted octanol–water partition coefficient (Wildman–Crippen LogP) is 4.37. The van der Waals surface area contributed by atoms with E-state index in [1.807, 2.05) is 42.5 Å². The van der Waals surface area contributed by atoms with Crippen molar-refractivity contribution >= 4 is 56.6 Å². The Bertz CT molecular complexity index is 2130. The molecule has 0 radical (unpaired) electrons. The molecule has 1 aliphatic heterocycles. The molecule has 1 heterocycles. The minimum Gasteiger partial charge on any atom is -0.460 e. The number of carbonyl (C=O) groups is 6. The van der Waals surface area contributed by atoms with Crippen molar-refractivity contribution in [3.05, 3.63) is 48.0 Å². The third kappa shape index (κ3) is 22.2. The second kappa shape index (κ2) is 23.9. The van der Waals surface area contributed by atoms with E-state index in [-0.39, 0.29) is 45.8 Å². The molecule has 1 fully saturated rings. The molecule has 19 nitrogen and oxygen atoms in total. The van der Waals surface area contributed by atoms with Crippen molar-refractivity contribution < 1.29 is 69.8 Å². The van der Waals surface area contributed by atoms with Gasteiger partial charge in [0.2, 0.25) is 11.8 Å². The number of fused-ring (bicyclic) bond motifs is 1. The fourth-order valence-corrected chi connectivity index (χ4v) is 6.95. The Kier molecular flexibility index (Phi) is 20.1. The summed E-state index contributed by atoms with van der Waals surface area (Å²) in [6.45, 7) is 17.6. The fourth-order valence-electron chi connectivity index (χ4n) is 6.49. The largest absolute Gasteiger partial charge is 0.460 e. The number of amides is 4.